The zero-order chi connectivity index (χ0) is 14.1. The minimum Gasteiger partial charge on any atom is -0.507 e. The van der Waals surface area contributed by atoms with Crippen molar-refractivity contribution in [2.75, 3.05) is 0 Å². The van der Waals surface area contributed by atoms with Gasteiger partial charge in [0.25, 0.3) is 5.89 Å². The molecule has 1 aliphatic carbocycles. The molecule has 20 heavy (non-hydrogen) atoms. The average Bonchev–Trinajstić information content (AvgIpc) is 2.89. The number of nitrogens with zero attached hydrogens (tertiary/aromatic N) is 2. The highest BCUT2D eigenvalue weighted by Gasteiger charge is 2.25. The molecule has 1 saturated carbocycles. The van der Waals surface area contributed by atoms with Gasteiger partial charge < -0.3 is 14.7 Å². The normalized spacial score (nSPS) is 22.9. The fraction of sp³-hybridized carbons (Fsp3) is 0.467. The summed E-state index contributed by atoms with van der Waals surface area (Å²) in [6.45, 7) is 2.26. The number of hydrogen-bond acceptors (Lipinski definition) is 5. The van der Waals surface area contributed by atoms with E-state index < -0.39 is 0 Å². The first-order chi connectivity index (χ1) is 9.65. The monoisotopic (exact) mass is 274 g/mol. The van der Waals surface area contributed by atoms with Crippen LogP contribution < -0.4 is 0 Å². The minimum atomic E-state index is -0.0579. The van der Waals surface area contributed by atoms with Crippen LogP contribution in [0, 0.1) is 5.92 Å². The van der Waals surface area contributed by atoms with Gasteiger partial charge in [0.15, 0.2) is 5.82 Å². The van der Waals surface area contributed by atoms with E-state index in [1.165, 1.54) is 25.0 Å². The Bertz CT molecular complexity index is 581. The first kappa shape index (κ1) is 13.0. The van der Waals surface area contributed by atoms with Crippen molar-refractivity contribution in [2.24, 2.45) is 5.92 Å². The molecular formula is C15H18N2O3. The van der Waals surface area contributed by atoms with Gasteiger partial charge >= 0.3 is 0 Å². The summed E-state index contributed by atoms with van der Waals surface area (Å²) in [5.41, 5.74) is 0.204. The van der Waals surface area contributed by atoms with Gasteiger partial charge in [0.2, 0.25) is 0 Å². The lowest BCUT2D eigenvalue weighted by Crippen LogP contribution is -2.11. The van der Waals surface area contributed by atoms with E-state index in [2.05, 4.69) is 17.1 Å². The van der Waals surface area contributed by atoms with Gasteiger partial charge in [-0.05, 0) is 30.9 Å². The van der Waals surface area contributed by atoms with Gasteiger partial charge in [-0.3, -0.25) is 0 Å². The number of hydrogen-bond donors (Lipinski definition) is 2. The molecule has 2 aromatic rings. The van der Waals surface area contributed by atoms with E-state index in [-0.39, 0.29) is 23.0 Å². The highest BCUT2D eigenvalue weighted by molar-refractivity contribution is 5.69. The van der Waals surface area contributed by atoms with E-state index in [0.717, 1.165) is 18.8 Å². The molecule has 1 aromatic carbocycles. The van der Waals surface area contributed by atoms with Crippen molar-refractivity contribution in [1.29, 1.82) is 0 Å². The van der Waals surface area contributed by atoms with Crippen molar-refractivity contribution < 1.29 is 14.7 Å². The summed E-state index contributed by atoms with van der Waals surface area (Å²) in [5.74, 6) is 1.82. The second-order valence-electron chi connectivity index (χ2n) is 5.59. The van der Waals surface area contributed by atoms with Gasteiger partial charge in [-0.15, -0.1) is 0 Å². The maximum Gasteiger partial charge on any atom is 0.265 e. The predicted molar refractivity (Wildman–Crippen MR) is 73.4 cm³/mol. The second-order valence-corrected chi connectivity index (χ2v) is 5.59. The third-order valence-corrected chi connectivity index (χ3v) is 4.06. The molecule has 0 amide bonds. The third kappa shape index (κ3) is 2.35. The standard InChI is InChI=1S/C15H18N2O3/c1-9-5-7-10(8-6-9)14-16-15(20-17-14)13-11(18)3-2-4-12(13)19/h2-4,9-10,18-19H,5-8H2,1H3. The number of phenolic OH excluding ortho intramolecular Hbond substituents is 2. The predicted octanol–water partition coefficient (Wildman–Crippen LogP) is 3.44. The summed E-state index contributed by atoms with van der Waals surface area (Å²) in [7, 11) is 0. The molecule has 0 atom stereocenters. The number of benzene rings is 1. The molecule has 1 fully saturated rings. The number of aromatic nitrogens is 2. The van der Waals surface area contributed by atoms with E-state index in [1.54, 1.807) is 6.07 Å². The summed E-state index contributed by atoms with van der Waals surface area (Å²) in [6, 6.07) is 4.54. The highest BCUT2D eigenvalue weighted by atomic mass is 16.5. The Balaban J connectivity index is 1.87. The van der Waals surface area contributed by atoms with Crippen LogP contribution >= 0.6 is 0 Å². The van der Waals surface area contributed by atoms with Crippen LogP contribution in [-0.2, 0) is 0 Å². The fourth-order valence-corrected chi connectivity index (χ4v) is 2.77. The maximum atomic E-state index is 9.81. The smallest absolute Gasteiger partial charge is 0.265 e. The molecule has 3 rings (SSSR count). The lowest BCUT2D eigenvalue weighted by Gasteiger charge is -2.23. The quantitative estimate of drug-likeness (QED) is 0.876. The van der Waals surface area contributed by atoms with Gasteiger partial charge in [0.1, 0.15) is 17.1 Å². The molecule has 2 N–H and O–H groups in total. The Kier molecular flexibility index (Phi) is 3.34. The van der Waals surface area contributed by atoms with Crippen molar-refractivity contribution in [2.45, 2.75) is 38.5 Å². The Morgan fingerprint density at radius 2 is 1.75 bits per heavy atom. The van der Waals surface area contributed by atoms with Gasteiger partial charge in [-0.25, -0.2) is 0 Å². The van der Waals surface area contributed by atoms with Crippen molar-refractivity contribution >= 4 is 0 Å². The molecule has 1 heterocycles. The van der Waals surface area contributed by atoms with Crippen molar-refractivity contribution in [1.82, 2.24) is 10.1 Å². The van der Waals surface area contributed by atoms with Gasteiger partial charge in [-0.2, -0.15) is 4.98 Å². The average molecular weight is 274 g/mol. The van der Waals surface area contributed by atoms with Crippen LogP contribution in [0.5, 0.6) is 11.5 Å². The van der Waals surface area contributed by atoms with Gasteiger partial charge in [0, 0.05) is 5.92 Å². The molecule has 1 aliphatic rings. The Morgan fingerprint density at radius 3 is 2.40 bits per heavy atom. The molecule has 5 heteroatoms. The fourth-order valence-electron chi connectivity index (χ4n) is 2.77. The second kappa shape index (κ2) is 5.15. The van der Waals surface area contributed by atoms with E-state index in [9.17, 15) is 10.2 Å². The minimum absolute atomic E-state index is 0.0579. The van der Waals surface area contributed by atoms with Crippen LogP contribution in [0.1, 0.15) is 44.3 Å². The Labute approximate surface area is 117 Å². The zero-order valence-electron chi connectivity index (χ0n) is 11.4. The Morgan fingerprint density at radius 1 is 1.10 bits per heavy atom. The number of phenols is 2. The molecular weight excluding hydrogens is 256 g/mol. The van der Waals surface area contributed by atoms with E-state index in [4.69, 9.17) is 4.52 Å². The zero-order valence-corrected chi connectivity index (χ0v) is 11.4. The summed E-state index contributed by atoms with van der Waals surface area (Å²) in [5, 5.41) is 23.6. The van der Waals surface area contributed by atoms with Crippen LogP contribution in [0.25, 0.3) is 11.5 Å². The summed E-state index contributed by atoms with van der Waals surface area (Å²) in [4.78, 5) is 4.35. The van der Waals surface area contributed by atoms with Crippen LogP contribution in [0.2, 0.25) is 0 Å². The van der Waals surface area contributed by atoms with Crippen molar-refractivity contribution in [3.63, 3.8) is 0 Å². The largest absolute Gasteiger partial charge is 0.507 e. The van der Waals surface area contributed by atoms with Crippen LogP contribution in [0.15, 0.2) is 22.7 Å². The van der Waals surface area contributed by atoms with E-state index >= 15 is 0 Å². The van der Waals surface area contributed by atoms with Crippen LogP contribution in [0.3, 0.4) is 0 Å². The van der Waals surface area contributed by atoms with Crippen molar-refractivity contribution in [3.8, 4) is 23.0 Å². The molecule has 0 saturated heterocycles. The number of aromatic hydroxyl groups is 2. The molecule has 0 bridgehead atoms. The van der Waals surface area contributed by atoms with Gasteiger partial charge in [0.05, 0.1) is 0 Å². The Hall–Kier alpha value is -2.04. The molecule has 0 radical (unpaired) electrons. The molecule has 0 spiro atoms. The maximum absolute atomic E-state index is 9.81. The first-order valence-corrected chi connectivity index (χ1v) is 7.00. The van der Waals surface area contributed by atoms with E-state index in [1.807, 2.05) is 0 Å². The molecule has 1 aromatic heterocycles. The molecule has 0 unspecified atom stereocenters. The van der Waals surface area contributed by atoms with Crippen LogP contribution in [0.4, 0.5) is 0 Å². The van der Waals surface area contributed by atoms with Crippen molar-refractivity contribution in [3.05, 3.63) is 24.0 Å². The topological polar surface area (TPSA) is 79.4 Å². The lowest BCUT2D eigenvalue weighted by molar-refractivity contribution is 0.328. The van der Waals surface area contributed by atoms with Crippen LogP contribution in [-0.4, -0.2) is 20.4 Å². The van der Waals surface area contributed by atoms with E-state index in [0.29, 0.717) is 11.7 Å². The SMILES string of the molecule is CC1CCC(c2noc(-c3c(O)cccc3O)n2)CC1. The molecule has 0 aliphatic heterocycles. The summed E-state index contributed by atoms with van der Waals surface area (Å²) >= 11 is 0. The molecule has 5 nitrogen and oxygen atoms in total. The molecule has 106 valence electrons. The van der Waals surface area contributed by atoms with Gasteiger partial charge in [-0.1, -0.05) is 31.0 Å². The highest BCUT2D eigenvalue weighted by Crippen LogP contribution is 2.38. The number of rotatable bonds is 2. The lowest BCUT2D eigenvalue weighted by atomic mass is 9.83. The third-order valence-electron chi connectivity index (χ3n) is 4.06. The summed E-state index contributed by atoms with van der Waals surface area (Å²) in [6.07, 6.45) is 4.48. The first-order valence-electron chi connectivity index (χ1n) is 7.00. The summed E-state index contributed by atoms with van der Waals surface area (Å²) < 4.78 is 5.21.